The zero-order chi connectivity index (χ0) is 24.7. The van der Waals surface area contributed by atoms with Crippen LogP contribution in [0, 0.1) is 40.9 Å². The van der Waals surface area contributed by atoms with Crippen molar-refractivity contribution in [3.63, 3.8) is 0 Å². The molecule has 0 aromatic carbocycles. The Bertz CT molecular complexity index is 739. The van der Waals surface area contributed by atoms with Crippen molar-refractivity contribution in [1.29, 1.82) is 0 Å². The summed E-state index contributed by atoms with van der Waals surface area (Å²) in [4.78, 5) is 15.5. The topological polar surface area (TPSA) is 73.8 Å². The quantitative estimate of drug-likeness (QED) is 0.535. The molecule has 1 amide bonds. The van der Waals surface area contributed by atoms with Gasteiger partial charge in [-0.15, -0.1) is 0 Å². The highest BCUT2D eigenvalue weighted by Crippen LogP contribution is 2.57. The number of carbonyl (C=O) groups excluding carboxylic acids is 1. The zero-order valence-electron chi connectivity index (χ0n) is 22.8. The number of piperidine rings is 1. The zero-order valence-corrected chi connectivity index (χ0v) is 23.6. The van der Waals surface area contributed by atoms with Crippen molar-refractivity contribution in [2.75, 3.05) is 26.7 Å². The van der Waals surface area contributed by atoms with Crippen LogP contribution in [0.5, 0.6) is 0 Å². The van der Waals surface area contributed by atoms with E-state index in [0.29, 0.717) is 29.2 Å². The summed E-state index contributed by atoms with van der Waals surface area (Å²) in [5.41, 5.74) is 0.212. The number of rotatable bonds is 5. The van der Waals surface area contributed by atoms with Gasteiger partial charge in [-0.3, -0.25) is 4.79 Å². The van der Waals surface area contributed by atoms with Crippen LogP contribution in [0.15, 0.2) is 0 Å². The van der Waals surface area contributed by atoms with Gasteiger partial charge in [0.15, 0.2) is 0 Å². The van der Waals surface area contributed by atoms with Crippen LogP contribution in [0.2, 0.25) is 0 Å². The van der Waals surface area contributed by atoms with E-state index in [0.717, 1.165) is 24.1 Å². The van der Waals surface area contributed by atoms with Crippen molar-refractivity contribution in [3.05, 3.63) is 0 Å². The lowest BCUT2D eigenvalue weighted by Crippen LogP contribution is -2.96. The van der Waals surface area contributed by atoms with Crippen LogP contribution >= 0.6 is 11.8 Å². The lowest BCUT2D eigenvalue weighted by atomic mass is 9.51. The van der Waals surface area contributed by atoms with Crippen molar-refractivity contribution in [3.8, 4) is 0 Å². The first-order valence-corrected chi connectivity index (χ1v) is 16.0. The molecule has 6 heteroatoms. The van der Waals surface area contributed by atoms with Crippen LogP contribution < -0.4 is 10.6 Å². The van der Waals surface area contributed by atoms with Gasteiger partial charge in [-0.05, 0) is 55.3 Å². The number of nitrogens with two attached hydrogens (primary N) is 2. The van der Waals surface area contributed by atoms with Crippen molar-refractivity contribution in [2.45, 2.75) is 108 Å². The van der Waals surface area contributed by atoms with Crippen molar-refractivity contribution in [2.24, 2.45) is 40.9 Å². The van der Waals surface area contributed by atoms with Gasteiger partial charge in [0, 0.05) is 44.2 Å². The van der Waals surface area contributed by atoms with E-state index >= 15 is 0 Å². The fourth-order valence-electron chi connectivity index (χ4n) is 9.25. The van der Waals surface area contributed by atoms with Crippen LogP contribution in [-0.4, -0.2) is 65.4 Å². The molecule has 9 unspecified atom stereocenters. The lowest BCUT2D eigenvalue weighted by molar-refractivity contribution is -0.717. The molecule has 5 rings (SSSR count). The fourth-order valence-corrected chi connectivity index (χ4v) is 11.4. The minimum Gasteiger partial charge on any atom is -0.392 e. The van der Waals surface area contributed by atoms with Gasteiger partial charge >= 0.3 is 0 Å². The summed E-state index contributed by atoms with van der Waals surface area (Å²) in [7, 11) is 2.01. The smallest absolute Gasteiger partial charge is 0.225 e. The maximum atomic E-state index is 13.5. The number of hydrogen-bond donors (Lipinski definition) is 3. The van der Waals surface area contributed by atoms with E-state index in [1.165, 1.54) is 70.9 Å². The SMILES string of the molecule is CC(C(=O)N(C)CC1CCCCC1)C1CCC2(C)CC3SC(C4CC[NH2+]CC4)[NH2+]C3C(C)C2C1O. The first kappa shape index (κ1) is 26.3. The number of carbonyl (C=O) groups is 1. The first-order chi connectivity index (χ1) is 16.8. The third-order valence-corrected chi connectivity index (χ3v) is 13.0. The molecule has 5 aliphatic rings. The Kier molecular flexibility index (Phi) is 8.14. The van der Waals surface area contributed by atoms with Crippen LogP contribution in [0.25, 0.3) is 0 Å². The number of nitrogens with zero attached hydrogens (tertiary/aromatic N) is 1. The summed E-state index contributed by atoms with van der Waals surface area (Å²) in [5, 5.41) is 18.5. The molecule has 3 aliphatic carbocycles. The number of aliphatic hydroxyl groups is 1. The highest BCUT2D eigenvalue weighted by atomic mass is 32.2. The second-order valence-electron chi connectivity index (χ2n) is 13.6. The van der Waals surface area contributed by atoms with E-state index in [-0.39, 0.29) is 29.3 Å². The molecule has 9 atom stereocenters. The van der Waals surface area contributed by atoms with E-state index in [2.05, 4.69) is 43.2 Å². The number of aliphatic hydroxyl groups excluding tert-OH is 1. The molecule has 2 saturated heterocycles. The largest absolute Gasteiger partial charge is 0.392 e. The third-order valence-electron chi connectivity index (χ3n) is 11.3. The molecule has 5 nitrogen and oxygen atoms in total. The monoisotopic (exact) mass is 507 g/mol. The standard InChI is InChI=1S/C29H51N3O2S/c1-18(28(34)32(4)17-20-8-6-5-7-9-20)22-10-13-29(3)16-23-25(19(2)24(29)26(22)33)31-27(35-23)21-11-14-30-15-12-21/h18-27,30-31,33H,5-17H2,1-4H3/p+2. The molecule has 2 aliphatic heterocycles. The number of fused-ring (bicyclic) bond motifs is 2. The summed E-state index contributed by atoms with van der Waals surface area (Å²) in [6.07, 6.45) is 12.3. The van der Waals surface area contributed by atoms with Crippen molar-refractivity contribution >= 4 is 17.7 Å². The summed E-state index contributed by atoms with van der Waals surface area (Å²) >= 11 is 2.28. The predicted octanol–water partition coefficient (Wildman–Crippen LogP) is 2.44. The van der Waals surface area contributed by atoms with Gasteiger partial charge in [0.2, 0.25) is 5.91 Å². The average molecular weight is 508 g/mol. The summed E-state index contributed by atoms with van der Waals surface area (Å²) in [5.74, 6) is 2.64. The molecule has 0 aromatic rings. The van der Waals surface area contributed by atoms with Crippen LogP contribution in [0.1, 0.15) is 85.0 Å². The highest BCUT2D eigenvalue weighted by molar-refractivity contribution is 8.00. The second-order valence-corrected chi connectivity index (χ2v) is 15.0. The van der Waals surface area contributed by atoms with Gasteiger partial charge in [-0.25, -0.2) is 0 Å². The van der Waals surface area contributed by atoms with E-state index < -0.39 is 0 Å². The molecule has 2 heterocycles. The molecular formula is C29H53N3O2S+2. The molecule has 3 saturated carbocycles. The maximum absolute atomic E-state index is 13.5. The normalized spacial score (nSPS) is 43.9. The molecule has 5 fully saturated rings. The van der Waals surface area contributed by atoms with Gasteiger partial charge in [0.05, 0.1) is 24.4 Å². The molecule has 0 bridgehead atoms. The molecule has 35 heavy (non-hydrogen) atoms. The third kappa shape index (κ3) is 5.20. The maximum Gasteiger partial charge on any atom is 0.225 e. The lowest BCUT2D eigenvalue weighted by Gasteiger charge is -2.56. The Balaban J connectivity index is 1.24. The summed E-state index contributed by atoms with van der Waals surface area (Å²) in [6, 6.07) is 0.627. The van der Waals surface area contributed by atoms with Crippen LogP contribution in [-0.2, 0) is 4.79 Å². The Hall–Kier alpha value is -0.300. The van der Waals surface area contributed by atoms with Crippen molar-refractivity contribution in [1.82, 2.24) is 4.90 Å². The van der Waals surface area contributed by atoms with Gasteiger partial charge < -0.3 is 20.6 Å². The molecule has 0 radical (unpaired) electrons. The van der Waals surface area contributed by atoms with Crippen LogP contribution in [0.3, 0.4) is 0 Å². The fraction of sp³-hybridized carbons (Fsp3) is 0.966. The molecule has 0 spiro atoms. The highest BCUT2D eigenvalue weighted by Gasteiger charge is 2.60. The predicted molar refractivity (Wildman–Crippen MR) is 143 cm³/mol. The van der Waals surface area contributed by atoms with Gasteiger partial charge in [-0.2, -0.15) is 0 Å². The first-order valence-electron chi connectivity index (χ1n) is 15.0. The van der Waals surface area contributed by atoms with Gasteiger partial charge in [0.1, 0.15) is 11.4 Å². The van der Waals surface area contributed by atoms with Gasteiger partial charge in [0.25, 0.3) is 0 Å². The Morgan fingerprint density at radius 3 is 2.57 bits per heavy atom. The molecule has 5 N–H and O–H groups in total. The van der Waals surface area contributed by atoms with E-state index in [1.54, 1.807) is 0 Å². The average Bonchev–Trinajstić information content (AvgIpc) is 3.28. The Labute approximate surface area is 218 Å². The number of quaternary nitrogens is 2. The van der Waals surface area contributed by atoms with E-state index in [9.17, 15) is 9.90 Å². The summed E-state index contributed by atoms with van der Waals surface area (Å²) < 4.78 is 0. The minimum absolute atomic E-state index is 0.0822. The number of amides is 1. The number of hydrogen-bond acceptors (Lipinski definition) is 3. The summed E-state index contributed by atoms with van der Waals surface area (Å²) in [6.45, 7) is 10.5. The number of thioether (sulfide) groups is 1. The Morgan fingerprint density at radius 1 is 1.14 bits per heavy atom. The second kappa shape index (κ2) is 10.8. The van der Waals surface area contributed by atoms with E-state index in [4.69, 9.17) is 0 Å². The Morgan fingerprint density at radius 2 is 1.86 bits per heavy atom. The molecule has 0 aromatic heterocycles. The van der Waals surface area contributed by atoms with Gasteiger partial charge in [-0.1, -0.05) is 51.8 Å². The molecule has 200 valence electrons. The van der Waals surface area contributed by atoms with Crippen LogP contribution in [0.4, 0.5) is 0 Å². The van der Waals surface area contributed by atoms with Crippen molar-refractivity contribution < 1.29 is 20.5 Å². The minimum atomic E-state index is -0.353. The van der Waals surface area contributed by atoms with E-state index in [1.807, 2.05) is 11.9 Å². The molecular weight excluding hydrogens is 454 g/mol.